The Balaban J connectivity index is 2.80. The second kappa shape index (κ2) is 7.65. The quantitative estimate of drug-likeness (QED) is 0.836. The van der Waals surface area contributed by atoms with Crippen molar-refractivity contribution in [3.05, 3.63) is 28.2 Å². The molecule has 0 radical (unpaired) electrons. The molecule has 1 aromatic rings. The van der Waals surface area contributed by atoms with Crippen molar-refractivity contribution in [3.8, 4) is 5.75 Å². The number of hydrogen-bond acceptors (Lipinski definition) is 3. The zero-order valence-electron chi connectivity index (χ0n) is 11.8. The predicted molar refractivity (Wildman–Crippen MR) is 81.4 cm³/mol. The third-order valence-electron chi connectivity index (χ3n) is 3.11. The molecule has 1 atom stereocenters. The predicted octanol–water partition coefficient (Wildman–Crippen LogP) is 3.19. The van der Waals surface area contributed by atoms with E-state index in [0.717, 1.165) is 22.2 Å². The molecule has 0 saturated heterocycles. The van der Waals surface area contributed by atoms with Crippen LogP contribution in [0.25, 0.3) is 0 Å². The molecule has 0 spiro atoms. The maximum Gasteiger partial charge on any atom is 0.141 e. The maximum atomic E-state index is 12.3. The lowest BCUT2D eigenvalue weighted by Gasteiger charge is -2.16. The summed E-state index contributed by atoms with van der Waals surface area (Å²) in [5.74, 6) is 1.38. The number of carbonyl (C=O) groups is 1. The highest BCUT2D eigenvalue weighted by atomic mass is 79.9. The molecule has 1 unspecified atom stereocenters. The zero-order chi connectivity index (χ0) is 14.4. The van der Waals surface area contributed by atoms with Crippen molar-refractivity contribution < 1.29 is 9.53 Å². The lowest BCUT2D eigenvalue weighted by Crippen LogP contribution is -2.26. The second-order valence-electron chi connectivity index (χ2n) is 5.16. The van der Waals surface area contributed by atoms with Gasteiger partial charge >= 0.3 is 0 Å². The van der Waals surface area contributed by atoms with Crippen molar-refractivity contribution in [1.29, 1.82) is 0 Å². The van der Waals surface area contributed by atoms with Crippen molar-refractivity contribution in [2.45, 2.75) is 26.7 Å². The number of ketones is 1. The summed E-state index contributed by atoms with van der Waals surface area (Å²) in [5, 5.41) is 0. The summed E-state index contributed by atoms with van der Waals surface area (Å²) in [6.07, 6.45) is 1.24. The van der Waals surface area contributed by atoms with Crippen LogP contribution in [-0.2, 0) is 11.2 Å². The number of benzene rings is 1. The Hall–Kier alpha value is -0.870. The van der Waals surface area contributed by atoms with Gasteiger partial charge in [0.05, 0.1) is 7.11 Å². The van der Waals surface area contributed by atoms with Gasteiger partial charge in [-0.05, 0) is 36.1 Å². The standard InChI is InChI=1S/C15H22BrNO2/c1-10(2)6-12(9-17)15(18)8-11-7-13(19-3)4-5-14(11)16/h4-5,7,10,12H,6,8-9,17H2,1-3H3. The second-order valence-corrected chi connectivity index (χ2v) is 6.02. The number of carbonyl (C=O) groups excluding carboxylic acids is 1. The minimum absolute atomic E-state index is 0.0573. The average molecular weight is 328 g/mol. The van der Waals surface area contributed by atoms with Crippen molar-refractivity contribution in [1.82, 2.24) is 0 Å². The van der Waals surface area contributed by atoms with Gasteiger partial charge in [-0.25, -0.2) is 0 Å². The molecule has 0 saturated carbocycles. The Morgan fingerprint density at radius 2 is 2.11 bits per heavy atom. The van der Waals surface area contributed by atoms with Gasteiger partial charge in [-0.3, -0.25) is 4.79 Å². The van der Waals surface area contributed by atoms with Gasteiger partial charge in [0.1, 0.15) is 11.5 Å². The molecular formula is C15H22BrNO2. The van der Waals surface area contributed by atoms with Gasteiger partial charge in [0, 0.05) is 23.4 Å². The highest BCUT2D eigenvalue weighted by molar-refractivity contribution is 9.10. The molecule has 0 aliphatic carbocycles. The Bertz CT molecular complexity index is 432. The number of nitrogens with two attached hydrogens (primary N) is 1. The summed E-state index contributed by atoms with van der Waals surface area (Å²) in [6.45, 7) is 4.63. The molecule has 1 rings (SSSR count). The first kappa shape index (κ1) is 16.2. The summed E-state index contributed by atoms with van der Waals surface area (Å²) in [4.78, 5) is 12.3. The Labute approximate surface area is 123 Å². The molecule has 0 fully saturated rings. The Kier molecular flexibility index (Phi) is 6.52. The largest absolute Gasteiger partial charge is 0.497 e. The number of ether oxygens (including phenoxy) is 1. The van der Waals surface area contributed by atoms with E-state index in [2.05, 4.69) is 29.8 Å². The van der Waals surface area contributed by atoms with Gasteiger partial charge in [-0.1, -0.05) is 29.8 Å². The van der Waals surface area contributed by atoms with Crippen LogP contribution in [0.3, 0.4) is 0 Å². The van der Waals surface area contributed by atoms with Crippen LogP contribution < -0.4 is 10.5 Å². The van der Waals surface area contributed by atoms with E-state index >= 15 is 0 Å². The molecule has 0 bridgehead atoms. The third kappa shape index (κ3) is 4.96. The van der Waals surface area contributed by atoms with E-state index in [1.807, 2.05) is 18.2 Å². The number of hydrogen-bond donors (Lipinski definition) is 1. The van der Waals surface area contributed by atoms with Crippen LogP contribution in [0.5, 0.6) is 5.75 Å². The number of rotatable bonds is 7. The SMILES string of the molecule is COc1ccc(Br)c(CC(=O)C(CN)CC(C)C)c1. The minimum Gasteiger partial charge on any atom is -0.497 e. The molecular weight excluding hydrogens is 306 g/mol. The first-order valence-corrected chi connectivity index (χ1v) is 7.32. The van der Waals surface area contributed by atoms with E-state index in [0.29, 0.717) is 18.9 Å². The number of halogens is 1. The van der Waals surface area contributed by atoms with Crippen LogP contribution in [-0.4, -0.2) is 19.4 Å². The van der Waals surface area contributed by atoms with Crippen LogP contribution in [0.1, 0.15) is 25.8 Å². The van der Waals surface area contributed by atoms with Crippen LogP contribution in [0, 0.1) is 11.8 Å². The normalized spacial score (nSPS) is 12.5. The smallest absolute Gasteiger partial charge is 0.141 e. The van der Waals surface area contributed by atoms with Crippen molar-refractivity contribution in [2.24, 2.45) is 17.6 Å². The molecule has 1 aromatic carbocycles. The maximum absolute atomic E-state index is 12.3. The van der Waals surface area contributed by atoms with Crippen molar-refractivity contribution in [2.75, 3.05) is 13.7 Å². The first-order chi connectivity index (χ1) is 8.97. The molecule has 106 valence electrons. The fourth-order valence-corrected chi connectivity index (χ4v) is 2.46. The molecule has 3 nitrogen and oxygen atoms in total. The molecule has 0 amide bonds. The highest BCUT2D eigenvalue weighted by Crippen LogP contribution is 2.24. The molecule has 0 aliphatic heterocycles. The van der Waals surface area contributed by atoms with Crippen LogP contribution in [0.2, 0.25) is 0 Å². The number of Topliss-reactive ketones (excluding diaryl/α,β-unsaturated/α-hetero) is 1. The van der Waals surface area contributed by atoms with Crippen LogP contribution in [0.4, 0.5) is 0 Å². The van der Waals surface area contributed by atoms with E-state index in [9.17, 15) is 4.79 Å². The summed E-state index contributed by atoms with van der Waals surface area (Å²) >= 11 is 3.47. The Morgan fingerprint density at radius 3 is 2.63 bits per heavy atom. The number of methoxy groups -OCH3 is 1. The van der Waals surface area contributed by atoms with Crippen molar-refractivity contribution >= 4 is 21.7 Å². The fraction of sp³-hybridized carbons (Fsp3) is 0.533. The van der Waals surface area contributed by atoms with E-state index in [1.165, 1.54) is 0 Å². The third-order valence-corrected chi connectivity index (χ3v) is 3.89. The molecule has 0 aliphatic rings. The summed E-state index contributed by atoms with van der Waals surface area (Å²) < 4.78 is 6.12. The van der Waals surface area contributed by atoms with Gasteiger partial charge in [-0.15, -0.1) is 0 Å². The monoisotopic (exact) mass is 327 g/mol. The lowest BCUT2D eigenvalue weighted by atomic mass is 9.90. The van der Waals surface area contributed by atoms with E-state index in [4.69, 9.17) is 10.5 Å². The van der Waals surface area contributed by atoms with E-state index in [1.54, 1.807) is 7.11 Å². The van der Waals surface area contributed by atoms with Crippen molar-refractivity contribution in [3.63, 3.8) is 0 Å². The summed E-state index contributed by atoms with van der Waals surface area (Å²) in [5.41, 5.74) is 6.66. The highest BCUT2D eigenvalue weighted by Gasteiger charge is 2.19. The molecule has 0 aromatic heterocycles. The molecule has 19 heavy (non-hydrogen) atoms. The average Bonchev–Trinajstić information content (AvgIpc) is 2.38. The van der Waals surface area contributed by atoms with Gasteiger partial charge in [0.25, 0.3) is 0 Å². The van der Waals surface area contributed by atoms with Gasteiger partial charge < -0.3 is 10.5 Å². The molecule has 4 heteroatoms. The van der Waals surface area contributed by atoms with Gasteiger partial charge in [0.15, 0.2) is 0 Å². The van der Waals surface area contributed by atoms with Gasteiger partial charge in [0.2, 0.25) is 0 Å². The summed E-state index contributed by atoms with van der Waals surface area (Å²) in [7, 11) is 1.62. The fourth-order valence-electron chi connectivity index (χ4n) is 2.07. The first-order valence-electron chi connectivity index (χ1n) is 6.53. The van der Waals surface area contributed by atoms with Crippen LogP contribution >= 0.6 is 15.9 Å². The van der Waals surface area contributed by atoms with E-state index < -0.39 is 0 Å². The van der Waals surface area contributed by atoms with Crippen LogP contribution in [0.15, 0.2) is 22.7 Å². The zero-order valence-corrected chi connectivity index (χ0v) is 13.4. The topological polar surface area (TPSA) is 52.3 Å². The Morgan fingerprint density at radius 1 is 1.42 bits per heavy atom. The van der Waals surface area contributed by atoms with Gasteiger partial charge in [-0.2, -0.15) is 0 Å². The molecule has 0 heterocycles. The van der Waals surface area contributed by atoms with E-state index in [-0.39, 0.29) is 11.7 Å². The summed E-state index contributed by atoms with van der Waals surface area (Å²) in [6, 6.07) is 5.67. The minimum atomic E-state index is -0.0573. The lowest BCUT2D eigenvalue weighted by molar-refractivity contribution is -0.122. The molecule has 2 N–H and O–H groups in total.